The number of carbonyl (C=O) groups excluding carboxylic acids is 1. The van der Waals surface area contributed by atoms with Gasteiger partial charge in [0, 0.05) is 13.1 Å². The van der Waals surface area contributed by atoms with Crippen LogP contribution in [0.5, 0.6) is 0 Å². The molecule has 7 heteroatoms. The van der Waals surface area contributed by atoms with E-state index in [4.69, 9.17) is 5.73 Å². The van der Waals surface area contributed by atoms with Gasteiger partial charge < -0.3 is 17.2 Å². The monoisotopic (exact) mass is 267 g/mol. The molecular formula is C12H26LiN3O3. The number of likely N-dealkylation sites (N-methyl/N-ethyl adjacent to an activating group) is 2. The second-order valence-corrected chi connectivity index (χ2v) is 5.35. The first-order valence-corrected chi connectivity index (χ1v) is 6.03. The number of carboxylic acid groups (broad SMARTS) is 1. The molecule has 108 valence electrons. The van der Waals surface area contributed by atoms with Crippen LogP contribution in [0.1, 0.15) is 21.7 Å². The average molecular weight is 267 g/mol. The molecule has 0 aliphatic heterocycles. The van der Waals surface area contributed by atoms with E-state index in [0.29, 0.717) is 13.1 Å². The van der Waals surface area contributed by atoms with Crippen molar-refractivity contribution in [3.63, 3.8) is 0 Å². The van der Waals surface area contributed by atoms with Crippen LogP contribution in [0.15, 0.2) is 0 Å². The summed E-state index contributed by atoms with van der Waals surface area (Å²) in [5, 5.41) is 9.42. The summed E-state index contributed by atoms with van der Waals surface area (Å²) >= 11 is 0. The Morgan fingerprint density at radius 3 is 2.00 bits per heavy atom. The van der Waals surface area contributed by atoms with Gasteiger partial charge in [-0.25, -0.2) is 4.79 Å². The van der Waals surface area contributed by atoms with Crippen molar-refractivity contribution in [1.82, 2.24) is 9.80 Å². The van der Waals surface area contributed by atoms with Gasteiger partial charge in [0.05, 0.1) is 0 Å². The van der Waals surface area contributed by atoms with Crippen molar-refractivity contribution in [2.24, 2.45) is 11.7 Å². The number of hydrogen-bond donors (Lipinski definition) is 2. The molecule has 6 nitrogen and oxygen atoms in total. The molecule has 3 N–H and O–H groups in total. The van der Waals surface area contributed by atoms with E-state index in [2.05, 4.69) is 0 Å². The van der Waals surface area contributed by atoms with Crippen LogP contribution in [0.25, 0.3) is 0 Å². The van der Waals surface area contributed by atoms with E-state index in [9.17, 15) is 14.7 Å². The van der Waals surface area contributed by atoms with E-state index in [1.165, 1.54) is 4.90 Å². The maximum absolute atomic E-state index is 11.7. The Morgan fingerprint density at radius 2 is 1.74 bits per heavy atom. The number of nitrogens with two attached hydrogens (primary N) is 1. The second-order valence-electron chi connectivity index (χ2n) is 5.35. The minimum Gasteiger partial charge on any atom is -1.00 e. The molecule has 0 aliphatic carbocycles. The summed E-state index contributed by atoms with van der Waals surface area (Å²) in [7, 11) is 5.41. The van der Waals surface area contributed by atoms with Crippen molar-refractivity contribution in [2.45, 2.75) is 25.8 Å². The molecule has 19 heavy (non-hydrogen) atoms. The number of nitrogens with zero attached hydrogens (tertiary/aromatic N) is 2. The molecule has 0 saturated heterocycles. The van der Waals surface area contributed by atoms with Gasteiger partial charge in [0.25, 0.3) is 0 Å². The molecule has 1 amide bonds. The van der Waals surface area contributed by atoms with Gasteiger partial charge >= 0.3 is 24.8 Å². The van der Waals surface area contributed by atoms with Crippen molar-refractivity contribution in [1.29, 1.82) is 0 Å². The average Bonchev–Trinajstić information content (AvgIpc) is 2.20. The predicted molar refractivity (Wildman–Crippen MR) is 71.3 cm³/mol. The number of aliphatic carboxylic acids is 1. The number of primary amides is 1. The normalized spacial score (nSPS) is 14.3. The third-order valence-corrected chi connectivity index (χ3v) is 3.00. The third kappa shape index (κ3) is 5.53. The Bertz CT molecular complexity index is 300. The fourth-order valence-electron chi connectivity index (χ4n) is 1.93. The second kappa shape index (κ2) is 8.59. The van der Waals surface area contributed by atoms with Crippen LogP contribution >= 0.6 is 0 Å². The summed E-state index contributed by atoms with van der Waals surface area (Å²) in [6, 6.07) is 0. The number of amides is 1. The molecule has 0 saturated carbocycles. The summed E-state index contributed by atoms with van der Waals surface area (Å²) in [6.45, 7) is 4.88. The molecule has 0 radical (unpaired) electrons. The van der Waals surface area contributed by atoms with E-state index in [-0.39, 0.29) is 32.6 Å². The molecule has 0 heterocycles. The van der Waals surface area contributed by atoms with E-state index >= 15 is 0 Å². The van der Waals surface area contributed by atoms with Crippen LogP contribution in [-0.2, 0) is 9.59 Å². The zero-order chi connectivity index (χ0) is 14.5. The topological polar surface area (TPSA) is 86.9 Å². The molecule has 0 bridgehead atoms. The van der Waals surface area contributed by atoms with Gasteiger partial charge in [-0.05, 0) is 33.5 Å². The van der Waals surface area contributed by atoms with Gasteiger partial charge in [-0.1, -0.05) is 13.8 Å². The van der Waals surface area contributed by atoms with Gasteiger partial charge in [-0.2, -0.15) is 0 Å². The van der Waals surface area contributed by atoms with Gasteiger partial charge in [-0.3, -0.25) is 9.69 Å². The molecule has 0 aromatic rings. The molecule has 1 unspecified atom stereocenters. The fraction of sp³-hybridized carbons (Fsp3) is 0.833. The summed E-state index contributed by atoms with van der Waals surface area (Å²) in [4.78, 5) is 26.7. The van der Waals surface area contributed by atoms with Crippen molar-refractivity contribution in [3.05, 3.63) is 0 Å². The van der Waals surface area contributed by atoms with Crippen LogP contribution in [0.4, 0.5) is 0 Å². The van der Waals surface area contributed by atoms with Crippen LogP contribution < -0.4 is 24.6 Å². The molecule has 0 fully saturated rings. The Balaban J connectivity index is -0.00000144. The van der Waals surface area contributed by atoms with E-state index in [1.54, 1.807) is 7.05 Å². The minimum absolute atomic E-state index is 0. The number of carbonyl (C=O) groups is 2. The smallest absolute Gasteiger partial charge is 1.00 e. The van der Waals surface area contributed by atoms with Gasteiger partial charge in [0.1, 0.15) is 0 Å². The number of carboxylic acids is 1. The predicted octanol–water partition coefficient (Wildman–Crippen LogP) is -3.05. The molecule has 0 aromatic carbocycles. The first-order chi connectivity index (χ1) is 8.14. The molecule has 0 rings (SSSR count). The van der Waals surface area contributed by atoms with Gasteiger partial charge in [-0.15, -0.1) is 0 Å². The van der Waals surface area contributed by atoms with Crippen molar-refractivity contribution in [2.75, 3.05) is 34.2 Å². The quantitative estimate of drug-likeness (QED) is 0.360. The Hall–Kier alpha value is -0.543. The van der Waals surface area contributed by atoms with Crippen molar-refractivity contribution < 1.29 is 35.0 Å². The number of hydrogen-bond acceptors (Lipinski definition) is 4. The van der Waals surface area contributed by atoms with Gasteiger partial charge in [0.15, 0.2) is 5.54 Å². The molecule has 0 aliphatic rings. The van der Waals surface area contributed by atoms with Gasteiger partial charge in [0.2, 0.25) is 5.91 Å². The Morgan fingerprint density at radius 1 is 1.26 bits per heavy atom. The summed E-state index contributed by atoms with van der Waals surface area (Å²) in [5.41, 5.74) is 3.73. The Kier molecular flexibility index (Phi) is 9.39. The summed E-state index contributed by atoms with van der Waals surface area (Å²) in [5.74, 6) is -1.91. The fourth-order valence-corrected chi connectivity index (χ4v) is 1.93. The number of rotatable bonds is 8. The minimum atomic E-state index is -1.62. The summed E-state index contributed by atoms with van der Waals surface area (Å²) in [6.07, 6.45) is 0.210. The van der Waals surface area contributed by atoms with Crippen LogP contribution in [0.3, 0.4) is 0 Å². The largest absolute Gasteiger partial charge is 1.00 e. The first kappa shape index (κ1) is 20.8. The zero-order valence-corrected chi connectivity index (χ0v) is 12.9. The maximum atomic E-state index is 11.7. The SMILES string of the molecule is CC(C)CC(C(N)=O)(C(=O)O)N(C)CCN(C)C.[H-].[Li+]. The van der Waals surface area contributed by atoms with Crippen molar-refractivity contribution >= 4 is 11.9 Å². The van der Waals surface area contributed by atoms with E-state index in [1.807, 2.05) is 32.8 Å². The molecule has 0 spiro atoms. The van der Waals surface area contributed by atoms with Crippen LogP contribution in [0, 0.1) is 5.92 Å². The summed E-state index contributed by atoms with van der Waals surface area (Å²) < 4.78 is 0. The molecule has 1 atom stereocenters. The standard InChI is InChI=1S/C12H25N3O3.Li.H/c1-9(2)8-12(10(13)16,11(17)18)15(5)7-6-14(3)4;;/h9H,6-8H2,1-5H3,(H2,13,16)(H,17,18);;/q;+1;-1. The van der Waals surface area contributed by atoms with Crippen molar-refractivity contribution in [3.8, 4) is 0 Å². The van der Waals surface area contributed by atoms with Crippen LogP contribution in [-0.4, -0.2) is 66.6 Å². The van der Waals surface area contributed by atoms with Crippen LogP contribution in [0.2, 0.25) is 0 Å². The first-order valence-electron chi connectivity index (χ1n) is 6.03. The zero-order valence-electron chi connectivity index (χ0n) is 13.9. The van der Waals surface area contributed by atoms with E-state index < -0.39 is 17.4 Å². The Labute approximate surface area is 129 Å². The van der Waals surface area contributed by atoms with E-state index in [0.717, 1.165) is 0 Å². The molecular weight excluding hydrogens is 241 g/mol. The third-order valence-electron chi connectivity index (χ3n) is 3.00. The molecule has 0 aromatic heterocycles. The maximum Gasteiger partial charge on any atom is 1.00 e.